The first-order valence-electron chi connectivity index (χ1n) is 2.16. The molecule has 0 aliphatic carbocycles. The molecule has 0 aromatic heterocycles. The summed E-state index contributed by atoms with van der Waals surface area (Å²) in [6.07, 6.45) is -2.54. The number of hydrogen-bond donors (Lipinski definition) is 3. The molecule has 1 unspecified atom stereocenters. The van der Waals surface area contributed by atoms with Crippen LogP contribution in [0.1, 0.15) is 9.27 Å². The van der Waals surface area contributed by atoms with Crippen molar-refractivity contribution in [3.8, 4) is 0 Å². The second-order valence-corrected chi connectivity index (χ2v) is 1.45. The Morgan fingerprint density at radius 1 is 1.36 bits per heavy atom. The molecule has 0 amide bonds. The van der Waals surface area contributed by atoms with Crippen LogP contribution in [0.25, 0.3) is 0 Å². The summed E-state index contributed by atoms with van der Waals surface area (Å²) < 4.78 is 0. The second-order valence-electron chi connectivity index (χ2n) is 1.45. The van der Waals surface area contributed by atoms with Gasteiger partial charge in [-0.2, -0.15) is 0 Å². The van der Waals surface area contributed by atoms with Crippen LogP contribution in [0.2, 0.25) is 0 Å². The summed E-state index contributed by atoms with van der Waals surface area (Å²) >= 11 is 0. The minimum absolute atomic E-state index is 0. The quantitative estimate of drug-likeness (QED) is 0.531. The van der Waals surface area contributed by atoms with Crippen molar-refractivity contribution < 1.29 is 27.8 Å². The molecule has 0 rings (SSSR count). The van der Waals surface area contributed by atoms with Gasteiger partial charge in [0.15, 0.2) is 6.10 Å². The Kier molecular flexibility index (Phi) is 13.6. The van der Waals surface area contributed by atoms with Gasteiger partial charge in [0.25, 0.3) is 0 Å². The van der Waals surface area contributed by atoms with Crippen molar-refractivity contribution in [2.45, 2.75) is 12.5 Å². The van der Waals surface area contributed by atoms with Gasteiger partial charge in [-0.3, -0.25) is 4.79 Å². The smallest absolute Gasteiger partial charge is 1.00 e. The molecule has 0 heterocycles. The fourth-order valence-electron chi connectivity index (χ4n) is 0.253. The average molecular weight is 213 g/mol. The van der Waals surface area contributed by atoms with E-state index in [1.165, 1.54) is 0 Å². The maximum absolute atomic E-state index is 9.72. The number of rotatable bonds is 3. The van der Waals surface area contributed by atoms with Crippen molar-refractivity contribution in [3.05, 3.63) is 0 Å². The SMILES string of the molecule is Cl.O=C(O)CC(O)C(=O)O.[Ca+2].[H-].[H-]. The van der Waals surface area contributed by atoms with Gasteiger partial charge in [-0.05, 0) is 0 Å². The molecule has 0 spiro atoms. The minimum atomic E-state index is -1.79. The fourth-order valence-corrected chi connectivity index (χ4v) is 0.253. The number of aliphatic hydroxyl groups excluding tert-OH is 1. The summed E-state index contributed by atoms with van der Waals surface area (Å²) in [4.78, 5) is 19.4. The van der Waals surface area contributed by atoms with Gasteiger partial charge in [-0.25, -0.2) is 4.79 Å². The van der Waals surface area contributed by atoms with Gasteiger partial charge in [0.2, 0.25) is 0 Å². The van der Waals surface area contributed by atoms with E-state index in [4.69, 9.17) is 15.3 Å². The maximum atomic E-state index is 9.72. The van der Waals surface area contributed by atoms with Crippen LogP contribution in [-0.2, 0) is 9.59 Å². The molecule has 0 saturated heterocycles. The van der Waals surface area contributed by atoms with Gasteiger partial charge in [0.05, 0.1) is 6.42 Å². The van der Waals surface area contributed by atoms with E-state index in [-0.39, 0.29) is 53.0 Å². The van der Waals surface area contributed by atoms with Crippen molar-refractivity contribution >= 4 is 62.1 Å². The molecule has 0 saturated carbocycles. The summed E-state index contributed by atoms with van der Waals surface area (Å²) in [6.45, 7) is 0. The Morgan fingerprint density at radius 3 is 1.82 bits per heavy atom. The van der Waals surface area contributed by atoms with Gasteiger partial charge in [0, 0.05) is 0 Å². The molecule has 3 N–H and O–H groups in total. The van der Waals surface area contributed by atoms with Crippen molar-refractivity contribution in [2.75, 3.05) is 0 Å². The van der Waals surface area contributed by atoms with E-state index >= 15 is 0 Å². The Labute approximate surface area is 102 Å². The number of carbonyl (C=O) groups is 2. The topological polar surface area (TPSA) is 94.8 Å². The number of aliphatic carboxylic acids is 2. The summed E-state index contributed by atoms with van der Waals surface area (Å²) in [5.74, 6) is -2.85. The molecule has 64 valence electrons. The van der Waals surface area contributed by atoms with E-state index in [0.717, 1.165) is 0 Å². The van der Waals surface area contributed by atoms with Crippen LogP contribution in [0.15, 0.2) is 0 Å². The number of carboxylic acids is 2. The number of carboxylic acid groups (broad SMARTS) is 2. The minimum Gasteiger partial charge on any atom is -1.00 e. The van der Waals surface area contributed by atoms with Crippen molar-refractivity contribution in [3.63, 3.8) is 0 Å². The van der Waals surface area contributed by atoms with E-state index < -0.39 is 24.5 Å². The third-order valence-corrected chi connectivity index (χ3v) is 0.653. The molecular formula is C4H9CaClO5. The average Bonchev–Trinajstić information content (AvgIpc) is 1.63. The first-order valence-corrected chi connectivity index (χ1v) is 2.16. The van der Waals surface area contributed by atoms with Crippen LogP contribution < -0.4 is 0 Å². The zero-order chi connectivity index (χ0) is 7.44. The molecule has 0 aliphatic rings. The Bertz CT molecular complexity index is 146. The van der Waals surface area contributed by atoms with Gasteiger partial charge in [-0.1, -0.05) is 0 Å². The van der Waals surface area contributed by atoms with Crippen LogP contribution in [0, 0.1) is 0 Å². The molecule has 0 bridgehead atoms. The fraction of sp³-hybridized carbons (Fsp3) is 0.500. The zero-order valence-electron chi connectivity index (χ0n) is 7.56. The number of hydrogen-bond acceptors (Lipinski definition) is 3. The molecule has 0 aliphatic heterocycles. The third kappa shape index (κ3) is 10.4. The molecule has 0 radical (unpaired) electrons. The predicted octanol–water partition coefficient (Wildman–Crippen LogP) is -0.827. The van der Waals surface area contributed by atoms with Crippen molar-refractivity contribution in [1.82, 2.24) is 0 Å². The van der Waals surface area contributed by atoms with Crippen LogP contribution >= 0.6 is 12.4 Å². The van der Waals surface area contributed by atoms with E-state index in [9.17, 15) is 9.59 Å². The van der Waals surface area contributed by atoms with Gasteiger partial charge < -0.3 is 18.2 Å². The van der Waals surface area contributed by atoms with Crippen molar-refractivity contribution in [1.29, 1.82) is 0 Å². The van der Waals surface area contributed by atoms with Gasteiger partial charge in [0.1, 0.15) is 0 Å². The van der Waals surface area contributed by atoms with Crippen LogP contribution in [0.3, 0.4) is 0 Å². The number of aliphatic hydroxyl groups is 1. The Balaban J connectivity index is -0.0000000533. The van der Waals surface area contributed by atoms with Gasteiger partial charge in [-0.15, -0.1) is 12.4 Å². The predicted molar refractivity (Wildman–Crippen MR) is 41.1 cm³/mol. The summed E-state index contributed by atoms with van der Waals surface area (Å²) in [7, 11) is 0. The molecule has 5 nitrogen and oxygen atoms in total. The third-order valence-electron chi connectivity index (χ3n) is 0.653. The first-order chi connectivity index (χ1) is 4.04. The summed E-state index contributed by atoms with van der Waals surface area (Å²) in [5.41, 5.74) is 0. The molecule has 0 aromatic carbocycles. The monoisotopic (exact) mass is 212 g/mol. The molecule has 11 heavy (non-hydrogen) atoms. The molecular weight excluding hydrogens is 204 g/mol. The van der Waals surface area contributed by atoms with Crippen LogP contribution in [-0.4, -0.2) is 71.1 Å². The van der Waals surface area contributed by atoms with E-state index in [0.29, 0.717) is 0 Å². The summed E-state index contributed by atoms with van der Waals surface area (Å²) in [6, 6.07) is 0. The van der Waals surface area contributed by atoms with Gasteiger partial charge >= 0.3 is 49.7 Å². The standard InChI is InChI=1S/C4H6O5.Ca.ClH.2H/c5-2(4(8)9)1-3(6)7;;;;/h2,5H,1H2,(H,6,7)(H,8,9);;1H;;/q;+2;;2*-1. The van der Waals surface area contributed by atoms with Crippen molar-refractivity contribution in [2.24, 2.45) is 0 Å². The first kappa shape index (κ1) is 17.5. The molecule has 0 aromatic rings. The van der Waals surface area contributed by atoms with E-state index in [1.54, 1.807) is 0 Å². The maximum Gasteiger partial charge on any atom is 2.00 e. The normalized spacial score (nSPS) is 10.3. The Hall–Kier alpha value is 0.450. The molecule has 1 atom stereocenters. The summed E-state index contributed by atoms with van der Waals surface area (Å²) in [5, 5.41) is 24.1. The number of halogens is 1. The van der Waals surface area contributed by atoms with Crippen LogP contribution in [0.4, 0.5) is 0 Å². The Morgan fingerprint density at radius 2 is 1.73 bits per heavy atom. The second kappa shape index (κ2) is 8.55. The molecule has 7 heteroatoms. The van der Waals surface area contributed by atoms with E-state index in [1.807, 2.05) is 0 Å². The zero-order valence-corrected chi connectivity index (χ0v) is 8.58. The van der Waals surface area contributed by atoms with Crippen LogP contribution in [0.5, 0.6) is 0 Å². The van der Waals surface area contributed by atoms with E-state index in [2.05, 4.69) is 0 Å². The largest absolute Gasteiger partial charge is 2.00 e. The molecule has 0 fully saturated rings.